The molecule has 0 aliphatic heterocycles. The van der Waals surface area contributed by atoms with Gasteiger partial charge in [0.2, 0.25) is 10.3 Å². The Balaban J connectivity index is 3.08. The fourth-order valence-electron chi connectivity index (χ4n) is 1.43. The van der Waals surface area contributed by atoms with Crippen LogP contribution in [0.4, 0.5) is 5.69 Å². The molecular formula is C9H6N2O4S. The molecule has 1 N–H and O–H groups in total. The summed E-state index contributed by atoms with van der Waals surface area (Å²) >= 11 is 0. The van der Waals surface area contributed by atoms with E-state index in [4.69, 9.17) is 0 Å². The van der Waals surface area contributed by atoms with Crippen LogP contribution in [0.5, 0.6) is 0 Å². The van der Waals surface area contributed by atoms with Gasteiger partial charge in [0.05, 0.1) is 21.9 Å². The lowest BCUT2D eigenvalue weighted by atomic mass is 10.2. The zero-order valence-corrected chi connectivity index (χ0v) is 8.69. The van der Waals surface area contributed by atoms with Crippen LogP contribution in [0, 0.1) is 14.8 Å². The summed E-state index contributed by atoms with van der Waals surface area (Å²) in [6, 6.07) is 7.46. The van der Waals surface area contributed by atoms with E-state index in [1.165, 1.54) is 0 Å². The summed E-state index contributed by atoms with van der Waals surface area (Å²) in [4.78, 5) is 12.8. The smallest absolute Gasteiger partial charge is 0.281 e. The second-order valence-electron chi connectivity index (χ2n) is 3.06. The maximum atomic E-state index is 10.8. The molecule has 0 aliphatic rings. The minimum Gasteiger partial charge on any atom is -0.342 e. The van der Waals surface area contributed by atoms with Gasteiger partial charge in [0.1, 0.15) is 0 Å². The number of aromatic amines is 1. The van der Waals surface area contributed by atoms with Gasteiger partial charge in [-0.3, -0.25) is 10.1 Å². The number of nitro groups is 1. The van der Waals surface area contributed by atoms with E-state index in [9.17, 15) is 18.5 Å². The number of nitrogens with zero attached hydrogens (tertiary/aromatic N) is 1. The fraction of sp³-hybridized carbons (Fsp3) is 0. The molecule has 0 unspecified atom stereocenters. The summed E-state index contributed by atoms with van der Waals surface area (Å²) in [5.74, 6) is 0. The molecule has 82 valence electrons. The summed E-state index contributed by atoms with van der Waals surface area (Å²) in [7, 11) is -2.52. The standard InChI is InChI=1S/C9H6N2O4S/c12-11(13)8-5-9(16(14)15)10-7-4-2-1-3-6(7)8/h1-5,10H. The van der Waals surface area contributed by atoms with Gasteiger partial charge in [-0.05, 0) is 12.1 Å². The first-order valence-electron chi connectivity index (χ1n) is 4.28. The van der Waals surface area contributed by atoms with Gasteiger partial charge in [0.25, 0.3) is 5.69 Å². The quantitative estimate of drug-likeness (QED) is 0.462. The van der Waals surface area contributed by atoms with Crippen molar-refractivity contribution < 1.29 is 13.3 Å². The van der Waals surface area contributed by atoms with E-state index in [0.29, 0.717) is 10.9 Å². The monoisotopic (exact) mass is 238 g/mol. The lowest BCUT2D eigenvalue weighted by Crippen LogP contribution is -1.92. The highest BCUT2D eigenvalue weighted by atomic mass is 32.2. The van der Waals surface area contributed by atoms with E-state index in [-0.39, 0.29) is 10.3 Å². The van der Waals surface area contributed by atoms with Crippen molar-refractivity contribution in [2.75, 3.05) is 0 Å². The molecule has 0 bridgehead atoms. The zero-order valence-electron chi connectivity index (χ0n) is 7.88. The number of benzene rings is 1. The minimum atomic E-state index is -2.52. The van der Waals surface area contributed by atoms with E-state index in [2.05, 4.69) is 4.98 Å². The van der Waals surface area contributed by atoms with E-state index in [0.717, 1.165) is 6.07 Å². The highest BCUT2D eigenvalue weighted by Crippen LogP contribution is 2.23. The molecular weight excluding hydrogens is 232 g/mol. The van der Waals surface area contributed by atoms with Gasteiger partial charge >= 0.3 is 0 Å². The van der Waals surface area contributed by atoms with Crippen LogP contribution in [0.25, 0.3) is 10.9 Å². The molecule has 0 amide bonds. The third kappa shape index (κ3) is 1.68. The lowest BCUT2D eigenvalue weighted by molar-refractivity contribution is -0.383. The molecule has 0 aliphatic carbocycles. The van der Waals surface area contributed by atoms with Gasteiger partial charge in [-0.25, -0.2) is 0 Å². The fourth-order valence-corrected chi connectivity index (χ4v) is 1.83. The van der Waals surface area contributed by atoms with Gasteiger partial charge in [0, 0.05) is 0 Å². The number of hydrogen-bond donors (Lipinski definition) is 1. The van der Waals surface area contributed by atoms with Crippen molar-refractivity contribution >= 4 is 26.9 Å². The third-order valence-corrected chi connectivity index (χ3v) is 2.68. The molecule has 2 aromatic rings. The number of H-pyrrole nitrogens is 1. The van der Waals surface area contributed by atoms with Gasteiger partial charge in [-0.2, -0.15) is 8.42 Å². The first-order valence-corrected chi connectivity index (χ1v) is 5.36. The molecule has 7 heteroatoms. The molecule has 0 spiro atoms. The summed E-state index contributed by atoms with van der Waals surface area (Å²) in [5.41, 5.74) is 0.185. The Morgan fingerprint density at radius 1 is 1.25 bits per heavy atom. The molecule has 2 rings (SSSR count). The second-order valence-corrected chi connectivity index (χ2v) is 3.97. The van der Waals surface area contributed by atoms with Crippen LogP contribution in [0.15, 0.2) is 30.3 Å². The van der Waals surface area contributed by atoms with Crippen molar-refractivity contribution in [2.24, 2.45) is 0 Å². The molecule has 1 aromatic heterocycles. The number of hydrogen-bond acceptors (Lipinski definition) is 4. The first kappa shape index (κ1) is 10.4. The molecule has 1 heterocycles. The van der Waals surface area contributed by atoms with Crippen molar-refractivity contribution in [3.8, 4) is 0 Å². The van der Waals surface area contributed by atoms with Crippen molar-refractivity contribution in [3.63, 3.8) is 0 Å². The molecule has 0 atom stereocenters. The largest absolute Gasteiger partial charge is 0.342 e. The van der Waals surface area contributed by atoms with Gasteiger partial charge in [-0.1, -0.05) is 12.1 Å². The highest BCUT2D eigenvalue weighted by Gasteiger charge is 2.12. The number of aromatic nitrogens is 1. The average molecular weight is 238 g/mol. The Hall–Kier alpha value is -2.15. The Morgan fingerprint density at radius 3 is 2.56 bits per heavy atom. The number of para-hydroxylation sites is 1. The SMILES string of the molecule is O=[N+]([O-])c1cc(=S(=O)=O)[nH]c2ccccc12. The molecule has 0 fully saturated rings. The predicted molar refractivity (Wildman–Crippen MR) is 57.1 cm³/mol. The number of pyridine rings is 1. The zero-order chi connectivity index (χ0) is 11.7. The molecule has 0 saturated heterocycles. The molecule has 0 saturated carbocycles. The van der Waals surface area contributed by atoms with Crippen molar-refractivity contribution in [1.29, 1.82) is 0 Å². The predicted octanol–water partition coefficient (Wildman–Crippen LogP) is 1.49. The normalized spacial score (nSPS) is 10.2. The maximum Gasteiger partial charge on any atom is 0.281 e. The average Bonchev–Trinajstić information content (AvgIpc) is 2.27. The lowest BCUT2D eigenvalue weighted by Gasteiger charge is -1.98. The number of rotatable bonds is 1. The van der Waals surface area contributed by atoms with Crippen LogP contribution < -0.4 is 0 Å². The van der Waals surface area contributed by atoms with E-state index in [1.807, 2.05) is 0 Å². The van der Waals surface area contributed by atoms with Gasteiger partial charge < -0.3 is 4.98 Å². The highest BCUT2D eigenvalue weighted by molar-refractivity contribution is 7.63. The van der Waals surface area contributed by atoms with Crippen molar-refractivity contribution in [1.82, 2.24) is 4.98 Å². The Labute approximate surface area is 90.8 Å². The van der Waals surface area contributed by atoms with Crippen molar-refractivity contribution in [2.45, 2.75) is 0 Å². The Bertz CT molecular complexity index is 737. The molecule has 16 heavy (non-hydrogen) atoms. The summed E-state index contributed by atoms with van der Waals surface area (Å²) < 4.78 is 21.3. The van der Waals surface area contributed by atoms with Gasteiger partial charge in [-0.15, -0.1) is 0 Å². The number of nitrogens with one attached hydrogen (secondary N) is 1. The van der Waals surface area contributed by atoms with E-state index >= 15 is 0 Å². The second kappa shape index (κ2) is 3.78. The Morgan fingerprint density at radius 2 is 1.94 bits per heavy atom. The Kier molecular flexibility index (Phi) is 2.45. The maximum absolute atomic E-state index is 10.8. The summed E-state index contributed by atoms with van der Waals surface area (Å²) in [6.45, 7) is 0. The van der Waals surface area contributed by atoms with Crippen molar-refractivity contribution in [3.05, 3.63) is 45.1 Å². The topological polar surface area (TPSA) is 93.1 Å². The summed E-state index contributed by atoms with van der Waals surface area (Å²) in [6.07, 6.45) is 0. The van der Waals surface area contributed by atoms with Gasteiger partial charge in [0.15, 0.2) is 4.64 Å². The minimum absolute atomic E-state index is 0.203. The van der Waals surface area contributed by atoms with Crippen LogP contribution in [0.3, 0.4) is 0 Å². The van der Waals surface area contributed by atoms with E-state index in [1.54, 1.807) is 24.3 Å². The van der Waals surface area contributed by atoms with Crippen LogP contribution in [-0.2, 0) is 10.3 Å². The third-order valence-electron chi connectivity index (χ3n) is 2.10. The molecule has 0 radical (unpaired) electrons. The van der Waals surface area contributed by atoms with Crippen LogP contribution in [-0.4, -0.2) is 18.3 Å². The molecule has 6 nitrogen and oxygen atoms in total. The van der Waals surface area contributed by atoms with Crippen LogP contribution >= 0.6 is 0 Å². The summed E-state index contributed by atoms with van der Waals surface area (Å²) in [5, 5.41) is 11.2. The molecule has 1 aromatic carbocycles. The van der Waals surface area contributed by atoms with E-state index < -0.39 is 15.2 Å². The van der Waals surface area contributed by atoms with Crippen LogP contribution in [0.1, 0.15) is 0 Å². The number of fused-ring (bicyclic) bond motifs is 1. The van der Waals surface area contributed by atoms with Crippen LogP contribution in [0.2, 0.25) is 0 Å². The first-order chi connectivity index (χ1) is 7.59.